The lowest BCUT2D eigenvalue weighted by Crippen LogP contribution is -2.52. The molecule has 0 radical (unpaired) electrons. The van der Waals surface area contributed by atoms with Crippen molar-refractivity contribution in [2.75, 3.05) is 26.4 Å². The van der Waals surface area contributed by atoms with E-state index in [1.54, 1.807) is 16.7 Å². The number of benzene rings is 1. The molecule has 0 spiro atoms. The van der Waals surface area contributed by atoms with Crippen LogP contribution in [0.4, 0.5) is 4.79 Å². The van der Waals surface area contributed by atoms with E-state index in [0.717, 1.165) is 18.7 Å². The predicted octanol–water partition coefficient (Wildman–Crippen LogP) is 3.88. The Morgan fingerprint density at radius 3 is 2.27 bits per heavy atom. The van der Waals surface area contributed by atoms with E-state index in [9.17, 15) is 9.90 Å². The van der Waals surface area contributed by atoms with Crippen molar-refractivity contribution in [3.05, 3.63) is 30.3 Å². The highest BCUT2D eigenvalue weighted by Crippen LogP contribution is 2.26. The van der Waals surface area contributed by atoms with Gasteiger partial charge in [-0.3, -0.25) is 4.90 Å². The molecule has 0 aromatic heterocycles. The first-order chi connectivity index (χ1) is 10.2. The lowest BCUT2D eigenvalue weighted by Gasteiger charge is -2.40. The van der Waals surface area contributed by atoms with Crippen LogP contribution in [0.2, 0.25) is 0 Å². The Morgan fingerprint density at radius 1 is 1.23 bits per heavy atom. The molecule has 1 N–H and O–H groups in total. The van der Waals surface area contributed by atoms with Crippen molar-refractivity contribution in [3.63, 3.8) is 0 Å². The molecule has 1 aromatic rings. The second-order valence-electron chi connectivity index (χ2n) is 6.69. The maximum Gasteiger partial charge on any atom is 0.408 e. The van der Waals surface area contributed by atoms with E-state index in [4.69, 9.17) is 0 Å². The number of thioether (sulfide) groups is 1. The highest BCUT2D eigenvalue weighted by molar-refractivity contribution is 7.99. The second kappa shape index (κ2) is 8.44. The highest BCUT2D eigenvalue weighted by Gasteiger charge is 2.33. The van der Waals surface area contributed by atoms with Crippen molar-refractivity contribution in [3.8, 4) is 0 Å². The Kier molecular flexibility index (Phi) is 7.23. The van der Waals surface area contributed by atoms with E-state index in [1.165, 1.54) is 4.90 Å². The summed E-state index contributed by atoms with van der Waals surface area (Å²) in [6.07, 6.45) is -0.0129. The van der Waals surface area contributed by atoms with Crippen LogP contribution in [0.5, 0.6) is 0 Å². The van der Waals surface area contributed by atoms with Crippen LogP contribution >= 0.6 is 11.8 Å². The maximum atomic E-state index is 11.7. The van der Waals surface area contributed by atoms with Crippen molar-refractivity contribution >= 4 is 17.9 Å². The zero-order chi connectivity index (χ0) is 16.8. The van der Waals surface area contributed by atoms with Gasteiger partial charge in [0.25, 0.3) is 0 Å². The van der Waals surface area contributed by atoms with E-state index in [-0.39, 0.29) is 6.04 Å². The van der Waals surface area contributed by atoms with Crippen LogP contribution in [0.25, 0.3) is 0 Å². The molecule has 0 unspecified atom stereocenters. The number of rotatable bonds is 7. The van der Waals surface area contributed by atoms with E-state index in [0.29, 0.717) is 0 Å². The molecule has 0 heterocycles. The smallest absolute Gasteiger partial charge is 0.408 e. The van der Waals surface area contributed by atoms with Crippen LogP contribution in [-0.2, 0) is 0 Å². The fourth-order valence-corrected chi connectivity index (χ4v) is 3.44. The van der Waals surface area contributed by atoms with Crippen LogP contribution < -0.4 is 0 Å². The predicted molar refractivity (Wildman–Crippen MR) is 93.7 cm³/mol. The number of hydrogen-bond donors (Lipinski definition) is 1. The largest absolute Gasteiger partial charge is 0.465 e. The number of amides is 1. The minimum Gasteiger partial charge on any atom is -0.465 e. The van der Waals surface area contributed by atoms with Gasteiger partial charge in [-0.1, -0.05) is 18.2 Å². The fraction of sp³-hybridized carbons (Fsp3) is 0.588. The van der Waals surface area contributed by atoms with Gasteiger partial charge in [0, 0.05) is 22.2 Å². The van der Waals surface area contributed by atoms with Gasteiger partial charge < -0.3 is 10.0 Å². The van der Waals surface area contributed by atoms with Crippen LogP contribution in [0.15, 0.2) is 35.2 Å². The summed E-state index contributed by atoms with van der Waals surface area (Å²) in [5.74, 6) is 0.765. The molecule has 5 heteroatoms. The number of nitrogens with zero attached hydrogens (tertiary/aromatic N) is 2. The summed E-state index contributed by atoms with van der Waals surface area (Å²) in [6.45, 7) is 6.74. The zero-order valence-corrected chi connectivity index (χ0v) is 15.1. The van der Waals surface area contributed by atoms with Crippen LogP contribution in [0.3, 0.4) is 0 Å². The summed E-state index contributed by atoms with van der Waals surface area (Å²) in [7, 11) is 4.03. The summed E-state index contributed by atoms with van der Waals surface area (Å²) in [6, 6.07) is 10.1. The Bertz CT molecular complexity index is 457. The summed E-state index contributed by atoms with van der Waals surface area (Å²) in [4.78, 5) is 16.6. The molecule has 124 valence electrons. The van der Waals surface area contributed by atoms with Crippen molar-refractivity contribution in [1.29, 1.82) is 0 Å². The van der Waals surface area contributed by atoms with Crippen molar-refractivity contribution in [1.82, 2.24) is 9.80 Å². The normalized spacial score (nSPS) is 13.2. The topological polar surface area (TPSA) is 43.8 Å². The monoisotopic (exact) mass is 324 g/mol. The third kappa shape index (κ3) is 6.28. The lowest BCUT2D eigenvalue weighted by atomic mass is 10.0. The fourth-order valence-electron chi connectivity index (χ4n) is 2.39. The van der Waals surface area contributed by atoms with Gasteiger partial charge in [0.15, 0.2) is 0 Å². The molecule has 1 aromatic carbocycles. The zero-order valence-electron chi connectivity index (χ0n) is 14.2. The number of carbonyl (C=O) groups is 1. The quantitative estimate of drug-likeness (QED) is 0.773. The molecule has 0 aliphatic heterocycles. The van der Waals surface area contributed by atoms with Gasteiger partial charge in [-0.2, -0.15) is 0 Å². The van der Waals surface area contributed by atoms with Gasteiger partial charge >= 0.3 is 6.09 Å². The molecule has 0 saturated carbocycles. The van der Waals surface area contributed by atoms with Crippen LogP contribution in [0, 0.1) is 0 Å². The van der Waals surface area contributed by atoms with Gasteiger partial charge in [-0.15, -0.1) is 11.8 Å². The van der Waals surface area contributed by atoms with E-state index >= 15 is 0 Å². The molecule has 4 nitrogen and oxygen atoms in total. The lowest BCUT2D eigenvalue weighted by molar-refractivity contribution is 0.0719. The van der Waals surface area contributed by atoms with Crippen molar-refractivity contribution < 1.29 is 9.90 Å². The first-order valence-corrected chi connectivity index (χ1v) is 8.55. The van der Waals surface area contributed by atoms with E-state index in [2.05, 4.69) is 17.0 Å². The Labute approximate surface area is 138 Å². The van der Waals surface area contributed by atoms with Gasteiger partial charge in [-0.05, 0) is 60.0 Å². The first-order valence-electron chi connectivity index (χ1n) is 7.56. The van der Waals surface area contributed by atoms with Gasteiger partial charge in [0.1, 0.15) is 0 Å². The van der Waals surface area contributed by atoms with Crippen molar-refractivity contribution in [2.45, 2.75) is 43.7 Å². The highest BCUT2D eigenvalue weighted by atomic mass is 32.2. The summed E-state index contributed by atoms with van der Waals surface area (Å²) >= 11 is 1.72. The maximum absolute atomic E-state index is 11.7. The molecule has 0 aliphatic rings. The minimum absolute atomic E-state index is 0.00916. The second-order valence-corrected chi connectivity index (χ2v) is 7.79. The Balaban J connectivity index is 2.83. The number of hydrogen-bond acceptors (Lipinski definition) is 3. The Hall–Kier alpha value is -1.20. The molecule has 0 saturated heterocycles. The standard InChI is InChI=1S/C17H28N2O2S/c1-17(2,3)19(16(20)21)14(11-12-18(4)5)13-22-15-9-7-6-8-10-15/h6-10,14H,11-13H2,1-5H3,(H,20,21)/t14-/m1/s1. The third-order valence-corrected chi connectivity index (χ3v) is 4.55. The summed E-state index contributed by atoms with van der Waals surface area (Å²) in [5, 5.41) is 9.64. The average Bonchev–Trinajstić information content (AvgIpc) is 2.40. The SMILES string of the molecule is CN(C)CC[C@H](CSc1ccccc1)N(C(=O)O)C(C)(C)C. The molecule has 1 atom stereocenters. The van der Waals surface area contributed by atoms with Crippen LogP contribution in [0.1, 0.15) is 27.2 Å². The molecule has 22 heavy (non-hydrogen) atoms. The first kappa shape index (κ1) is 18.8. The molecule has 0 bridgehead atoms. The minimum atomic E-state index is -0.843. The molecule has 0 aliphatic carbocycles. The van der Waals surface area contributed by atoms with Gasteiger partial charge in [-0.25, -0.2) is 4.79 Å². The Morgan fingerprint density at radius 2 is 1.82 bits per heavy atom. The van der Waals surface area contributed by atoms with Gasteiger partial charge in [0.2, 0.25) is 0 Å². The molecular formula is C17H28N2O2S. The summed E-state index contributed by atoms with van der Waals surface area (Å²) < 4.78 is 0. The van der Waals surface area contributed by atoms with Crippen molar-refractivity contribution in [2.24, 2.45) is 0 Å². The average molecular weight is 324 g/mol. The van der Waals surface area contributed by atoms with Gasteiger partial charge in [0.05, 0.1) is 0 Å². The van der Waals surface area contributed by atoms with E-state index in [1.807, 2.05) is 53.1 Å². The summed E-state index contributed by atoms with van der Waals surface area (Å²) in [5.41, 5.74) is -0.403. The molecule has 1 rings (SSSR count). The van der Waals surface area contributed by atoms with Crippen LogP contribution in [-0.4, -0.2) is 59.0 Å². The van der Waals surface area contributed by atoms with E-state index < -0.39 is 11.6 Å². The molecule has 0 fully saturated rings. The molecule has 1 amide bonds. The molecular weight excluding hydrogens is 296 g/mol. The third-order valence-electron chi connectivity index (χ3n) is 3.39. The number of carboxylic acid groups (broad SMARTS) is 1.